The number of nitrogens with two attached hydrogens (primary N) is 8. The summed E-state index contributed by atoms with van der Waals surface area (Å²) < 4.78 is 0. The number of unbranched alkanes of at least 4 members (excludes halogenated alkanes) is 1. The molecule has 26 N–H and O–H groups in total. The molecule has 0 heterocycles. The molecule has 32 heteroatoms. The zero-order valence-electron chi connectivity index (χ0n) is 43.0. The van der Waals surface area contributed by atoms with Crippen LogP contribution in [-0.4, -0.2) is 173 Å². The second-order valence-corrected chi connectivity index (χ2v) is 18.5. The van der Waals surface area contributed by atoms with Gasteiger partial charge in [0.1, 0.15) is 48.3 Å². The van der Waals surface area contributed by atoms with E-state index < -0.39 is 150 Å². The molecule has 0 aromatic rings. The number of nitrogens with zero attached hydrogens (tertiary/aromatic N) is 2. The third-order valence-electron chi connectivity index (χ3n) is 10.9. The first-order chi connectivity index (χ1) is 35.0. The van der Waals surface area contributed by atoms with E-state index in [0.29, 0.717) is 19.3 Å². The van der Waals surface area contributed by atoms with Crippen LogP contribution in [-0.2, 0) is 52.7 Å². The summed E-state index contributed by atoms with van der Waals surface area (Å²) in [5.74, 6) is -13.6. The quantitative estimate of drug-likeness (QED) is 0.0119. The predicted octanol–water partition coefficient (Wildman–Crippen LogP) is -8.11. The van der Waals surface area contributed by atoms with Gasteiger partial charge in [0.15, 0.2) is 11.9 Å². The van der Waals surface area contributed by atoms with Gasteiger partial charge >= 0.3 is 5.97 Å². The van der Waals surface area contributed by atoms with Gasteiger partial charge in [-0.05, 0) is 70.3 Å². The Hall–Kier alpha value is -7.06. The normalized spacial score (nSPS) is 15.0. The van der Waals surface area contributed by atoms with Crippen LogP contribution in [0.4, 0.5) is 0 Å². The summed E-state index contributed by atoms with van der Waals surface area (Å²) in [5, 5.41) is 39.2. The molecule has 0 aromatic carbocycles. The second kappa shape index (κ2) is 35.2. The van der Waals surface area contributed by atoms with E-state index >= 15 is 0 Å². The lowest BCUT2D eigenvalue weighted by molar-refractivity contribution is -0.144. The molecule has 0 fully saturated rings. The molecular weight excluding hydrogens is 1010 g/mol. The van der Waals surface area contributed by atoms with E-state index in [0.717, 1.165) is 0 Å². The molecule has 0 spiro atoms. The summed E-state index contributed by atoms with van der Waals surface area (Å²) in [4.78, 5) is 152. The van der Waals surface area contributed by atoms with Crippen molar-refractivity contribution in [2.24, 2.45) is 67.7 Å². The van der Waals surface area contributed by atoms with Crippen molar-refractivity contribution in [3.63, 3.8) is 0 Å². The van der Waals surface area contributed by atoms with Crippen LogP contribution in [0.25, 0.3) is 0 Å². The summed E-state index contributed by atoms with van der Waals surface area (Å²) in [6, 6.07) is -13.4. The number of carboxylic acids is 1. The van der Waals surface area contributed by atoms with E-state index in [1.807, 2.05) is 0 Å². The Kier molecular flexibility index (Phi) is 31.9. The smallest absolute Gasteiger partial charge is 0.326 e. The van der Waals surface area contributed by atoms with Gasteiger partial charge in [0.2, 0.25) is 59.1 Å². The van der Waals surface area contributed by atoms with E-state index in [1.165, 1.54) is 20.8 Å². The Labute approximate surface area is 439 Å². The average Bonchev–Trinajstić information content (AvgIpc) is 3.30. The van der Waals surface area contributed by atoms with Crippen molar-refractivity contribution in [1.29, 1.82) is 0 Å². The maximum absolute atomic E-state index is 13.9. The molecule has 426 valence electrons. The Balaban J connectivity index is 6.41. The monoisotopic (exact) mass is 1090 g/mol. The number of aliphatic hydroxyl groups is 1. The van der Waals surface area contributed by atoms with Gasteiger partial charge < -0.3 is 98.6 Å². The number of carbonyl (C=O) groups is 11. The van der Waals surface area contributed by atoms with Crippen LogP contribution in [0.1, 0.15) is 92.4 Å². The van der Waals surface area contributed by atoms with Crippen molar-refractivity contribution in [3.8, 4) is 0 Å². The lowest BCUT2D eigenvalue weighted by Crippen LogP contribution is -2.62. The molecule has 0 unspecified atom stereocenters. The lowest BCUT2D eigenvalue weighted by atomic mass is 10.0. The number of carbonyl (C=O) groups excluding carboxylic acids is 10. The molecule has 0 saturated heterocycles. The highest BCUT2D eigenvalue weighted by molar-refractivity contribution is 7.80. The van der Waals surface area contributed by atoms with Crippen LogP contribution in [0, 0.1) is 11.8 Å². The van der Waals surface area contributed by atoms with Gasteiger partial charge in [-0.1, -0.05) is 27.7 Å². The molecule has 0 saturated carbocycles. The van der Waals surface area contributed by atoms with Crippen LogP contribution in [0.2, 0.25) is 0 Å². The van der Waals surface area contributed by atoms with Crippen molar-refractivity contribution >= 4 is 89.6 Å². The maximum Gasteiger partial charge on any atom is 0.326 e. The first-order valence-electron chi connectivity index (χ1n) is 24.0. The minimum Gasteiger partial charge on any atom is -0.480 e. The summed E-state index contributed by atoms with van der Waals surface area (Å²) in [6.07, 6.45) is -2.10. The van der Waals surface area contributed by atoms with E-state index in [-0.39, 0.29) is 63.0 Å². The Bertz CT molecular complexity index is 2020. The first kappa shape index (κ1) is 67.9. The summed E-state index contributed by atoms with van der Waals surface area (Å²) in [5.41, 5.74) is 43.5. The van der Waals surface area contributed by atoms with Crippen molar-refractivity contribution in [2.75, 3.05) is 25.4 Å². The SMILES string of the molecule is CC(C)[C@H](NC(=O)[C@H](CS)NC(=O)[C@H](CCCCN)NC(=O)[C@@H](NC(=O)[C@@H](NC(=O)[C@@H](N)CCCN=C(N)N)[C@@H](C)O)C(C)C)C(=O)N[C@@H](CC(N)=O)C(=O)N[C@@H](CCCN=C(N)N)C(=O)N[C@@H](CC(N)=O)C(=O)O. The van der Waals surface area contributed by atoms with Crippen molar-refractivity contribution in [1.82, 2.24) is 42.5 Å². The standard InChI is InChI=1S/C43H80N18O13S/c1-19(2)30(39(71)56-25(16-28(46)63)36(68)54-24(12-9-15-53-43(50)51)34(66)57-26(41(73)74)17-29(47)64)59-37(69)27(18-75)58-35(67)23(11-6-7-13-44)55-38(70)31(20(3)4)60-40(72)32(21(5)62)61-33(65)22(45)10-8-14-52-42(48)49/h19-27,30-32,62,75H,6-18,44-45H2,1-5H3,(H2,46,63)(H2,47,64)(H,54,68)(H,55,70)(H,56,71)(H,57,66)(H,58,67)(H,59,69)(H,60,72)(H,61,65)(H,73,74)(H4,48,49,52)(H4,50,51,53)/t21-,22+,23+,24+,25+,26+,27+,30+,31+,32+/m1/s1. The van der Waals surface area contributed by atoms with Crippen molar-refractivity contribution < 1.29 is 63.0 Å². The number of carboxylic acid groups (broad SMARTS) is 1. The Morgan fingerprint density at radius 1 is 0.467 bits per heavy atom. The number of aliphatic imine (C=N–C) groups is 2. The minimum absolute atomic E-state index is 0.00544. The fourth-order valence-electron chi connectivity index (χ4n) is 6.76. The molecule has 75 heavy (non-hydrogen) atoms. The predicted molar refractivity (Wildman–Crippen MR) is 277 cm³/mol. The van der Waals surface area contributed by atoms with Crippen LogP contribution < -0.4 is 88.4 Å². The van der Waals surface area contributed by atoms with Crippen LogP contribution in [0.3, 0.4) is 0 Å². The Morgan fingerprint density at radius 2 is 0.827 bits per heavy atom. The van der Waals surface area contributed by atoms with E-state index in [4.69, 9.17) is 45.9 Å². The minimum atomic E-state index is -1.79. The number of thiol groups is 1. The third-order valence-corrected chi connectivity index (χ3v) is 11.3. The van der Waals surface area contributed by atoms with Crippen LogP contribution >= 0.6 is 12.6 Å². The number of aliphatic hydroxyl groups excluding tert-OH is 1. The number of guanidine groups is 2. The van der Waals surface area contributed by atoms with Crippen LogP contribution in [0.5, 0.6) is 0 Å². The Morgan fingerprint density at radius 3 is 1.25 bits per heavy atom. The van der Waals surface area contributed by atoms with Crippen molar-refractivity contribution in [3.05, 3.63) is 0 Å². The number of nitrogens with one attached hydrogen (secondary N) is 8. The fourth-order valence-corrected chi connectivity index (χ4v) is 7.02. The van der Waals surface area contributed by atoms with Gasteiger partial charge in [0.25, 0.3) is 0 Å². The molecule has 0 aliphatic rings. The third kappa shape index (κ3) is 27.2. The molecule has 10 amide bonds. The van der Waals surface area contributed by atoms with E-state index in [1.54, 1.807) is 13.8 Å². The highest BCUT2D eigenvalue weighted by Gasteiger charge is 2.37. The molecule has 31 nitrogen and oxygen atoms in total. The number of primary amides is 2. The van der Waals surface area contributed by atoms with Gasteiger partial charge in [0, 0.05) is 18.8 Å². The molecule has 0 bridgehead atoms. The maximum atomic E-state index is 13.9. The largest absolute Gasteiger partial charge is 0.480 e. The molecule has 0 rings (SSSR count). The number of aliphatic carboxylic acids is 1. The fraction of sp³-hybridized carbons (Fsp3) is 0.698. The van der Waals surface area contributed by atoms with Crippen molar-refractivity contribution in [2.45, 2.75) is 153 Å². The molecule has 0 aliphatic carbocycles. The molecule has 0 radical (unpaired) electrons. The first-order valence-corrected chi connectivity index (χ1v) is 24.7. The molecule has 0 aromatic heterocycles. The van der Waals surface area contributed by atoms with Gasteiger partial charge in [-0.3, -0.25) is 57.9 Å². The number of hydrogen-bond acceptors (Lipinski definition) is 17. The van der Waals surface area contributed by atoms with Gasteiger partial charge in [0.05, 0.1) is 25.0 Å². The average molecular weight is 1090 g/mol. The highest BCUT2D eigenvalue weighted by Crippen LogP contribution is 2.11. The topological polar surface area (TPSA) is 557 Å². The zero-order valence-corrected chi connectivity index (χ0v) is 43.9. The van der Waals surface area contributed by atoms with E-state index in [9.17, 15) is 63.0 Å². The lowest BCUT2D eigenvalue weighted by Gasteiger charge is -2.29. The van der Waals surface area contributed by atoms with Crippen LogP contribution in [0.15, 0.2) is 9.98 Å². The number of rotatable bonds is 37. The number of amides is 10. The van der Waals surface area contributed by atoms with Gasteiger partial charge in [-0.25, -0.2) is 4.79 Å². The van der Waals surface area contributed by atoms with Gasteiger partial charge in [-0.15, -0.1) is 0 Å². The summed E-state index contributed by atoms with van der Waals surface area (Å²) >= 11 is 4.22. The summed E-state index contributed by atoms with van der Waals surface area (Å²) in [7, 11) is 0. The van der Waals surface area contributed by atoms with Gasteiger partial charge in [-0.2, -0.15) is 12.6 Å². The molecular formula is C43H80N18O13S. The highest BCUT2D eigenvalue weighted by atomic mass is 32.1. The second-order valence-electron chi connectivity index (χ2n) is 18.1. The summed E-state index contributed by atoms with van der Waals surface area (Å²) in [6.45, 7) is 7.82. The van der Waals surface area contributed by atoms with E-state index in [2.05, 4.69) is 65.1 Å². The molecule has 10 atom stereocenters. The zero-order chi connectivity index (χ0) is 57.7. The number of hydrogen-bond donors (Lipinski definition) is 19. The molecule has 0 aliphatic heterocycles.